The van der Waals surface area contributed by atoms with E-state index in [-0.39, 0.29) is 5.91 Å². The van der Waals surface area contributed by atoms with Crippen LogP contribution in [0.1, 0.15) is 19.8 Å². The molecule has 0 aliphatic rings. The molecule has 0 unspecified atom stereocenters. The first-order valence-electron chi connectivity index (χ1n) is 5.24. The Morgan fingerprint density at radius 3 is 2.93 bits per heavy atom. The van der Waals surface area contributed by atoms with Gasteiger partial charge >= 0.3 is 0 Å². The Balaban J connectivity index is 2.14. The van der Waals surface area contributed by atoms with E-state index in [0.717, 1.165) is 18.8 Å². The number of nitrogens with zero attached hydrogens (tertiary/aromatic N) is 1. The van der Waals surface area contributed by atoms with Crippen molar-refractivity contribution >= 4 is 11.7 Å². The van der Waals surface area contributed by atoms with Crippen LogP contribution in [0.25, 0.3) is 0 Å². The van der Waals surface area contributed by atoms with Crippen molar-refractivity contribution in [3.05, 3.63) is 24.4 Å². The van der Waals surface area contributed by atoms with Crippen LogP contribution in [0.4, 0.5) is 5.82 Å². The van der Waals surface area contributed by atoms with Crippen LogP contribution >= 0.6 is 0 Å². The van der Waals surface area contributed by atoms with Gasteiger partial charge in [0.05, 0.1) is 0 Å². The van der Waals surface area contributed by atoms with E-state index in [0.29, 0.717) is 13.0 Å². The Morgan fingerprint density at radius 1 is 1.40 bits per heavy atom. The standard InChI is InChI=1S/C11H17N3O/c1-2-7-14-11(15)6-9-13-10-5-3-4-8-12-10/h3-5,8H,2,6-7,9H2,1H3,(H,12,13)(H,14,15). The summed E-state index contributed by atoms with van der Waals surface area (Å²) in [5.74, 6) is 0.890. The van der Waals surface area contributed by atoms with Crippen LogP contribution in [-0.4, -0.2) is 24.0 Å². The summed E-state index contributed by atoms with van der Waals surface area (Å²) >= 11 is 0. The molecule has 4 heteroatoms. The molecule has 15 heavy (non-hydrogen) atoms. The van der Waals surface area contributed by atoms with Crippen molar-refractivity contribution in [2.24, 2.45) is 0 Å². The van der Waals surface area contributed by atoms with Crippen LogP contribution in [0.5, 0.6) is 0 Å². The number of carbonyl (C=O) groups excluding carboxylic acids is 1. The van der Waals surface area contributed by atoms with Crippen LogP contribution in [-0.2, 0) is 4.79 Å². The Hall–Kier alpha value is -1.58. The van der Waals surface area contributed by atoms with Gasteiger partial charge in [-0.15, -0.1) is 0 Å². The lowest BCUT2D eigenvalue weighted by Gasteiger charge is -2.05. The van der Waals surface area contributed by atoms with E-state index in [2.05, 4.69) is 15.6 Å². The van der Waals surface area contributed by atoms with Crippen molar-refractivity contribution in [3.63, 3.8) is 0 Å². The number of rotatable bonds is 6. The molecule has 0 bridgehead atoms. The lowest BCUT2D eigenvalue weighted by Crippen LogP contribution is -2.25. The highest BCUT2D eigenvalue weighted by molar-refractivity contribution is 5.76. The number of carbonyl (C=O) groups is 1. The van der Waals surface area contributed by atoms with E-state index in [1.54, 1.807) is 6.20 Å². The van der Waals surface area contributed by atoms with Crippen molar-refractivity contribution < 1.29 is 4.79 Å². The molecule has 0 fully saturated rings. The third-order valence-electron chi connectivity index (χ3n) is 1.90. The first-order valence-corrected chi connectivity index (χ1v) is 5.24. The average molecular weight is 207 g/mol. The van der Waals surface area contributed by atoms with Gasteiger partial charge in [-0.05, 0) is 18.6 Å². The van der Waals surface area contributed by atoms with E-state index >= 15 is 0 Å². The van der Waals surface area contributed by atoms with Crippen molar-refractivity contribution in [2.45, 2.75) is 19.8 Å². The second-order valence-corrected chi connectivity index (χ2v) is 3.24. The topological polar surface area (TPSA) is 54.0 Å². The third-order valence-corrected chi connectivity index (χ3v) is 1.90. The zero-order chi connectivity index (χ0) is 10.9. The molecule has 0 aliphatic heterocycles. The molecule has 0 saturated carbocycles. The zero-order valence-corrected chi connectivity index (χ0v) is 8.99. The van der Waals surface area contributed by atoms with Gasteiger partial charge in [-0.3, -0.25) is 4.79 Å². The summed E-state index contributed by atoms with van der Waals surface area (Å²) in [5, 5.41) is 5.90. The summed E-state index contributed by atoms with van der Waals surface area (Å²) in [7, 11) is 0. The van der Waals surface area contributed by atoms with Crippen molar-refractivity contribution in [3.8, 4) is 0 Å². The average Bonchev–Trinajstić information content (AvgIpc) is 2.28. The smallest absolute Gasteiger partial charge is 0.221 e. The third kappa shape index (κ3) is 5.00. The Morgan fingerprint density at radius 2 is 2.27 bits per heavy atom. The van der Waals surface area contributed by atoms with Crippen LogP contribution in [0.15, 0.2) is 24.4 Å². The lowest BCUT2D eigenvalue weighted by atomic mass is 10.3. The molecule has 0 aliphatic carbocycles. The van der Waals surface area contributed by atoms with Gasteiger partial charge in [0.2, 0.25) is 5.91 Å². The maximum absolute atomic E-state index is 11.2. The van der Waals surface area contributed by atoms with E-state index in [1.807, 2.05) is 25.1 Å². The monoisotopic (exact) mass is 207 g/mol. The predicted molar refractivity (Wildman–Crippen MR) is 60.6 cm³/mol. The molecule has 0 radical (unpaired) electrons. The highest BCUT2D eigenvalue weighted by atomic mass is 16.1. The second kappa shape index (κ2) is 6.81. The van der Waals surface area contributed by atoms with Gasteiger partial charge in [0.1, 0.15) is 5.82 Å². The maximum Gasteiger partial charge on any atom is 0.221 e. The number of hydrogen-bond donors (Lipinski definition) is 2. The molecule has 2 N–H and O–H groups in total. The summed E-state index contributed by atoms with van der Waals surface area (Å²) in [4.78, 5) is 15.3. The quantitative estimate of drug-likeness (QED) is 0.741. The van der Waals surface area contributed by atoms with Gasteiger partial charge in [-0.2, -0.15) is 0 Å². The van der Waals surface area contributed by atoms with Crippen LogP contribution in [0.2, 0.25) is 0 Å². The summed E-state index contributed by atoms with van der Waals surface area (Å²) in [5.41, 5.74) is 0. The van der Waals surface area contributed by atoms with Crippen LogP contribution in [0.3, 0.4) is 0 Å². The van der Waals surface area contributed by atoms with Gasteiger partial charge in [-0.25, -0.2) is 4.98 Å². The fourth-order valence-electron chi connectivity index (χ4n) is 1.12. The summed E-state index contributed by atoms with van der Waals surface area (Å²) in [6.07, 6.45) is 3.18. The Bertz CT molecular complexity index is 287. The number of aromatic nitrogens is 1. The van der Waals surface area contributed by atoms with Gasteiger partial charge in [0.25, 0.3) is 0 Å². The van der Waals surface area contributed by atoms with Crippen molar-refractivity contribution in [1.29, 1.82) is 0 Å². The largest absolute Gasteiger partial charge is 0.370 e. The zero-order valence-electron chi connectivity index (χ0n) is 8.99. The predicted octanol–water partition coefficient (Wildman–Crippen LogP) is 1.41. The minimum Gasteiger partial charge on any atom is -0.370 e. The molecule has 1 amide bonds. The highest BCUT2D eigenvalue weighted by Crippen LogP contribution is 1.99. The number of pyridine rings is 1. The normalized spacial score (nSPS) is 9.67. The van der Waals surface area contributed by atoms with Crippen molar-refractivity contribution in [2.75, 3.05) is 18.4 Å². The molecular formula is C11H17N3O. The van der Waals surface area contributed by atoms with Gasteiger partial charge < -0.3 is 10.6 Å². The van der Waals surface area contributed by atoms with E-state index in [1.165, 1.54) is 0 Å². The number of nitrogens with one attached hydrogen (secondary N) is 2. The van der Waals surface area contributed by atoms with Crippen molar-refractivity contribution in [1.82, 2.24) is 10.3 Å². The van der Waals surface area contributed by atoms with E-state index < -0.39 is 0 Å². The summed E-state index contributed by atoms with van der Waals surface area (Å²) in [6.45, 7) is 3.40. The molecular weight excluding hydrogens is 190 g/mol. The van der Waals surface area contributed by atoms with Crippen LogP contribution < -0.4 is 10.6 Å². The minimum absolute atomic E-state index is 0.0836. The summed E-state index contributed by atoms with van der Waals surface area (Å²) in [6, 6.07) is 5.65. The highest BCUT2D eigenvalue weighted by Gasteiger charge is 1.99. The second-order valence-electron chi connectivity index (χ2n) is 3.24. The molecule has 1 rings (SSSR count). The molecule has 1 aromatic rings. The number of hydrogen-bond acceptors (Lipinski definition) is 3. The molecule has 0 atom stereocenters. The fraction of sp³-hybridized carbons (Fsp3) is 0.455. The lowest BCUT2D eigenvalue weighted by molar-refractivity contribution is -0.120. The fourth-order valence-corrected chi connectivity index (χ4v) is 1.12. The number of anilines is 1. The molecule has 0 aromatic carbocycles. The molecule has 0 spiro atoms. The van der Waals surface area contributed by atoms with E-state index in [4.69, 9.17) is 0 Å². The number of amides is 1. The first kappa shape index (κ1) is 11.5. The van der Waals surface area contributed by atoms with Gasteiger partial charge in [-0.1, -0.05) is 13.0 Å². The Labute approximate surface area is 90.1 Å². The molecule has 1 aromatic heterocycles. The minimum atomic E-state index is 0.0836. The molecule has 1 heterocycles. The van der Waals surface area contributed by atoms with Crippen LogP contribution in [0, 0.1) is 0 Å². The van der Waals surface area contributed by atoms with E-state index in [9.17, 15) is 4.79 Å². The molecule has 82 valence electrons. The summed E-state index contributed by atoms with van der Waals surface area (Å²) < 4.78 is 0. The first-order chi connectivity index (χ1) is 7.33. The van der Waals surface area contributed by atoms with Gasteiger partial charge in [0.15, 0.2) is 0 Å². The molecule has 0 saturated heterocycles. The SMILES string of the molecule is CCCNC(=O)CCNc1ccccn1. The maximum atomic E-state index is 11.2. The molecule has 4 nitrogen and oxygen atoms in total. The Kier molecular flexibility index (Phi) is 5.22. The van der Waals surface area contributed by atoms with Gasteiger partial charge in [0, 0.05) is 25.7 Å².